The minimum absolute atomic E-state index is 0.0253. The van der Waals surface area contributed by atoms with Gasteiger partial charge in [-0.3, -0.25) is 0 Å². The lowest BCUT2D eigenvalue weighted by molar-refractivity contribution is -0.0752. The first-order chi connectivity index (χ1) is 7.46. The number of hydrogen-bond donors (Lipinski definition) is 1. The molecule has 0 aliphatic rings. The van der Waals surface area contributed by atoms with Crippen molar-refractivity contribution in [1.29, 1.82) is 0 Å². The molecular formula is C14H23NO. The molecule has 0 bridgehead atoms. The van der Waals surface area contributed by atoms with Crippen LogP contribution in [-0.4, -0.2) is 11.7 Å². The van der Waals surface area contributed by atoms with Crippen LogP contribution in [0.2, 0.25) is 0 Å². The van der Waals surface area contributed by atoms with Crippen molar-refractivity contribution in [3.05, 3.63) is 35.9 Å². The smallest absolute Gasteiger partial charge is 0.0746 e. The van der Waals surface area contributed by atoms with Gasteiger partial charge in [-0.1, -0.05) is 37.3 Å². The molecule has 0 aliphatic heterocycles. The zero-order valence-electron chi connectivity index (χ0n) is 10.7. The van der Waals surface area contributed by atoms with E-state index in [2.05, 4.69) is 20.8 Å². The van der Waals surface area contributed by atoms with Crippen LogP contribution >= 0.6 is 0 Å². The molecule has 2 unspecified atom stereocenters. The first-order valence-electron chi connectivity index (χ1n) is 5.94. The minimum Gasteiger partial charge on any atom is -0.371 e. The van der Waals surface area contributed by atoms with Crippen molar-refractivity contribution >= 4 is 0 Å². The van der Waals surface area contributed by atoms with Gasteiger partial charge in [0.25, 0.3) is 0 Å². The Hall–Kier alpha value is -0.860. The zero-order chi connectivity index (χ0) is 12.2. The summed E-state index contributed by atoms with van der Waals surface area (Å²) < 4.78 is 5.98. The summed E-state index contributed by atoms with van der Waals surface area (Å²) in [5, 5.41) is 0. The van der Waals surface area contributed by atoms with Gasteiger partial charge in [0, 0.05) is 0 Å². The maximum atomic E-state index is 6.18. The van der Waals surface area contributed by atoms with Crippen molar-refractivity contribution in [2.24, 2.45) is 5.73 Å². The maximum Gasteiger partial charge on any atom is 0.0746 e. The summed E-state index contributed by atoms with van der Waals surface area (Å²) in [5.41, 5.74) is 7.20. The Morgan fingerprint density at radius 2 is 1.81 bits per heavy atom. The van der Waals surface area contributed by atoms with Crippen molar-refractivity contribution < 1.29 is 4.74 Å². The van der Waals surface area contributed by atoms with Crippen molar-refractivity contribution in [2.75, 3.05) is 0 Å². The average Bonchev–Trinajstić information content (AvgIpc) is 2.28. The van der Waals surface area contributed by atoms with Gasteiger partial charge in [0.2, 0.25) is 0 Å². The summed E-state index contributed by atoms with van der Waals surface area (Å²) in [6, 6.07) is 10.0. The van der Waals surface area contributed by atoms with E-state index in [1.807, 2.05) is 37.3 Å². The lowest BCUT2D eigenvalue weighted by atomic mass is 10.0. The molecule has 0 fully saturated rings. The molecular weight excluding hydrogens is 198 g/mol. The SMILES string of the molecule is CCC(C)(C)OC(C)C(N)c1ccccc1. The molecule has 2 nitrogen and oxygen atoms in total. The quantitative estimate of drug-likeness (QED) is 0.828. The Balaban J connectivity index is 2.65. The fourth-order valence-electron chi connectivity index (χ4n) is 1.61. The summed E-state index contributed by atoms with van der Waals surface area (Å²) in [5.74, 6) is 0. The second-order valence-electron chi connectivity index (χ2n) is 4.87. The topological polar surface area (TPSA) is 35.2 Å². The van der Waals surface area contributed by atoms with E-state index in [1.54, 1.807) is 0 Å². The van der Waals surface area contributed by atoms with E-state index < -0.39 is 0 Å². The molecule has 0 spiro atoms. The van der Waals surface area contributed by atoms with Crippen LogP contribution in [-0.2, 0) is 4.74 Å². The first kappa shape index (κ1) is 13.2. The maximum absolute atomic E-state index is 6.18. The van der Waals surface area contributed by atoms with Crippen LogP contribution in [0.3, 0.4) is 0 Å². The van der Waals surface area contributed by atoms with E-state index >= 15 is 0 Å². The second kappa shape index (κ2) is 5.46. The third-order valence-electron chi connectivity index (χ3n) is 3.05. The Kier molecular flexibility index (Phi) is 4.51. The molecule has 90 valence electrons. The molecule has 1 aromatic carbocycles. The van der Waals surface area contributed by atoms with Crippen LogP contribution in [0.25, 0.3) is 0 Å². The first-order valence-corrected chi connectivity index (χ1v) is 5.94. The Bertz CT molecular complexity index is 308. The lowest BCUT2D eigenvalue weighted by Crippen LogP contribution is -2.35. The molecule has 0 aliphatic carbocycles. The highest BCUT2D eigenvalue weighted by molar-refractivity contribution is 5.19. The number of rotatable bonds is 5. The lowest BCUT2D eigenvalue weighted by Gasteiger charge is -2.31. The third kappa shape index (κ3) is 3.62. The molecule has 0 heterocycles. The van der Waals surface area contributed by atoms with Crippen LogP contribution in [0.1, 0.15) is 45.7 Å². The van der Waals surface area contributed by atoms with Crippen molar-refractivity contribution in [1.82, 2.24) is 0 Å². The Morgan fingerprint density at radius 3 is 2.31 bits per heavy atom. The van der Waals surface area contributed by atoms with Gasteiger partial charge < -0.3 is 10.5 Å². The largest absolute Gasteiger partial charge is 0.371 e. The van der Waals surface area contributed by atoms with Gasteiger partial charge in [0.1, 0.15) is 0 Å². The normalized spacial score (nSPS) is 15.8. The molecule has 2 N–H and O–H groups in total. The molecule has 2 heteroatoms. The van der Waals surface area contributed by atoms with E-state index in [9.17, 15) is 0 Å². The fraction of sp³-hybridized carbons (Fsp3) is 0.571. The van der Waals surface area contributed by atoms with Crippen LogP contribution in [0.15, 0.2) is 30.3 Å². The fourth-order valence-corrected chi connectivity index (χ4v) is 1.61. The summed E-state index contributed by atoms with van der Waals surface area (Å²) in [6.45, 7) is 8.36. The zero-order valence-corrected chi connectivity index (χ0v) is 10.7. The van der Waals surface area contributed by atoms with Crippen molar-refractivity contribution in [3.63, 3.8) is 0 Å². The van der Waals surface area contributed by atoms with Crippen LogP contribution < -0.4 is 5.73 Å². The minimum atomic E-state index is -0.105. The second-order valence-corrected chi connectivity index (χ2v) is 4.87. The van der Waals surface area contributed by atoms with E-state index in [0.29, 0.717) is 0 Å². The summed E-state index contributed by atoms with van der Waals surface area (Å²) in [7, 11) is 0. The molecule has 0 amide bonds. The van der Waals surface area contributed by atoms with E-state index in [0.717, 1.165) is 12.0 Å². The summed E-state index contributed by atoms with van der Waals surface area (Å²) in [6.07, 6.45) is 1.01. The highest BCUT2D eigenvalue weighted by Gasteiger charge is 2.23. The van der Waals surface area contributed by atoms with Crippen molar-refractivity contribution in [2.45, 2.75) is 51.9 Å². The van der Waals surface area contributed by atoms with Crippen LogP contribution in [0.4, 0.5) is 0 Å². The van der Waals surface area contributed by atoms with Crippen LogP contribution in [0.5, 0.6) is 0 Å². The molecule has 0 saturated carbocycles. The molecule has 2 atom stereocenters. The number of nitrogens with two attached hydrogens (primary N) is 1. The predicted molar refractivity (Wildman–Crippen MR) is 68.3 cm³/mol. The van der Waals surface area contributed by atoms with Crippen molar-refractivity contribution in [3.8, 4) is 0 Å². The van der Waals surface area contributed by atoms with Gasteiger partial charge in [0.15, 0.2) is 0 Å². The number of ether oxygens (including phenoxy) is 1. The monoisotopic (exact) mass is 221 g/mol. The predicted octanol–water partition coefficient (Wildman–Crippen LogP) is 3.28. The number of benzene rings is 1. The van der Waals surface area contributed by atoms with Gasteiger partial charge >= 0.3 is 0 Å². The molecule has 1 aromatic rings. The van der Waals surface area contributed by atoms with Crippen LogP contribution in [0, 0.1) is 0 Å². The summed E-state index contributed by atoms with van der Waals surface area (Å²) >= 11 is 0. The number of hydrogen-bond acceptors (Lipinski definition) is 2. The third-order valence-corrected chi connectivity index (χ3v) is 3.05. The molecule has 0 radical (unpaired) electrons. The van der Waals surface area contributed by atoms with Gasteiger partial charge in [-0.05, 0) is 32.8 Å². The molecule has 0 aromatic heterocycles. The Morgan fingerprint density at radius 1 is 1.25 bits per heavy atom. The Labute approximate surface area is 98.8 Å². The highest BCUT2D eigenvalue weighted by atomic mass is 16.5. The molecule has 1 rings (SSSR count). The van der Waals surface area contributed by atoms with Gasteiger partial charge in [-0.2, -0.15) is 0 Å². The van der Waals surface area contributed by atoms with E-state index in [1.165, 1.54) is 0 Å². The molecule has 16 heavy (non-hydrogen) atoms. The molecule has 0 saturated heterocycles. The highest BCUT2D eigenvalue weighted by Crippen LogP contribution is 2.23. The van der Waals surface area contributed by atoms with E-state index in [4.69, 9.17) is 10.5 Å². The summed E-state index contributed by atoms with van der Waals surface area (Å²) in [4.78, 5) is 0. The average molecular weight is 221 g/mol. The standard InChI is InChI=1S/C14H23NO/c1-5-14(3,4)16-11(2)13(15)12-9-7-6-8-10-12/h6-11,13H,5,15H2,1-4H3. The van der Waals surface area contributed by atoms with Gasteiger partial charge in [0.05, 0.1) is 17.7 Å². The van der Waals surface area contributed by atoms with E-state index in [-0.39, 0.29) is 17.7 Å². The van der Waals surface area contributed by atoms with Gasteiger partial charge in [-0.15, -0.1) is 0 Å². The van der Waals surface area contributed by atoms with Gasteiger partial charge in [-0.25, -0.2) is 0 Å².